The summed E-state index contributed by atoms with van der Waals surface area (Å²) in [6.07, 6.45) is 8.90. The summed E-state index contributed by atoms with van der Waals surface area (Å²) in [4.78, 5) is 0. The molecule has 4 heteroatoms. The minimum Gasteiger partial charge on any atom is -0.490 e. The van der Waals surface area contributed by atoms with Crippen molar-refractivity contribution in [1.82, 2.24) is 0 Å². The predicted octanol–water partition coefficient (Wildman–Crippen LogP) is 9.47. The monoisotopic (exact) mass is 478 g/mol. The molecular formula is C31H33F3O. The van der Waals surface area contributed by atoms with E-state index in [0.29, 0.717) is 18.1 Å². The molecule has 0 unspecified atom stereocenters. The van der Waals surface area contributed by atoms with Crippen molar-refractivity contribution in [2.75, 3.05) is 6.61 Å². The van der Waals surface area contributed by atoms with Crippen molar-refractivity contribution in [3.63, 3.8) is 0 Å². The van der Waals surface area contributed by atoms with Crippen LogP contribution in [0, 0.1) is 23.4 Å². The molecule has 0 heterocycles. The Labute approximate surface area is 206 Å². The Morgan fingerprint density at radius 3 is 2.17 bits per heavy atom. The molecule has 0 spiro atoms. The smallest absolute Gasteiger partial charge is 0.201 e. The van der Waals surface area contributed by atoms with Gasteiger partial charge in [-0.05, 0) is 84.4 Å². The minimum atomic E-state index is -0.970. The number of benzene rings is 3. The van der Waals surface area contributed by atoms with Gasteiger partial charge >= 0.3 is 0 Å². The van der Waals surface area contributed by atoms with Crippen LogP contribution in [0.4, 0.5) is 13.2 Å². The van der Waals surface area contributed by atoms with E-state index in [-0.39, 0.29) is 23.0 Å². The molecule has 3 aromatic rings. The Balaban J connectivity index is 1.48. The van der Waals surface area contributed by atoms with Crippen LogP contribution in [0.15, 0.2) is 67.3 Å². The SMILES string of the molecule is C=CC1CCC(c2ccc(-c3ccc(-c4ccc(OCCCCC)c(F)c4F)cc3)cc2F)CC1. The topological polar surface area (TPSA) is 9.23 Å². The van der Waals surface area contributed by atoms with Crippen LogP contribution in [0.5, 0.6) is 5.75 Å². The molecule has 1 fully saturated rings. The van der Waals surface area contributed by atoms with Gasteiger partial charge in [0.05, 0.1) is 6.61 Å². The van der Waals surface area contributed by atoms with Crippen LogP contribution in [-0.4, -0.2) is 6.61 Å². The van der Waals surface area contributed by atoms with Crippen molar-refractivity contribution in [1.29, 1.82) is 0 Å². The first kappa shape index (κ1) is 25.1. The van der Waals surface area contributed by atoms with Crippen LogP contribution >= 0.6 is 0 Å². The molecule has 0 saturated heterocycles. The van der Waals surface area contributed by atoms with Gasteiger partial charge in [-0.3, -0.25) is 0 Å². The van der Waals surface area contributed by atoms with E-state index in [1.807, 2.05) is 30.3 Å². The normalized spacial score (nSPS) is 17.8. The standard InChI is InChI=1S/C31H33F3O/c1-3-5-6-19-35-29-18-17-27(30(33)31(29)34)24-13-11-22(12-14-24)25-15-16-26(28(32)20-25)23-9-7-21(4-2)8-10-23/h4,11-18,20-21,23H,2-3,5-10,19H2,1H3. The number of unbranched alkanes of at least 4 members (excludes halogenated alkanes) is 2. The second kappa shape index (κ2) is 11.6. The summed E-state index contributed by atoms with van der Waals surface area (Å²) < 4.78 is 49.7. The van der Waals surface area contributed by atoms with Gasteiger partial charge in [-0.2, -0.15) is 4.39 Å². The summed E-state index contributed by atoms with van der Waals surface area (Å²) in [5.41, 5.74) is 3.10. The molecule has 3 aromatic carbocycles. The summed E-state index contributed by atoms with van der Waals surface area (Å²) in [5.74, 6) is -1.35. The fourth-order valence-electron chi connectivity index (χ4n) is 4.95. The molecule has 35 heavy (non-hydrogen) atoms. The molecule has 1 nitrogen and oxygen atoms in total. The third-order valence-electron chi connectivity index (χ3n) is 7.13. The van der Waals surface area contributed by atoms with Crippen molar-refractivity contribution in [3.05, 3.63) is 90.3 Å². The highest BCUT2D eigenvalue weighted by Crippen LogP contribution is 2.38. The Hall–Kier alpha value is -3.01. The summed E-state index contributed by atoms with van der Waals surface area (Å²) in [6.45, 7) is 6.32. The maximum absolute atomic E-state index is 15.0. The van der Waals surface area contributed by atoms with Crippen LogP contribution in [-0.2, 0) is 0 Å². The fourth-order valence-corrected chi connectivity index (χ4v) is 4.95. The summed E-state index contributed by atoms with van der Waals surface area (Å²) in [7, 11) is 0. The van der Waals surface area contributed by atoms with Gasteiger partial charge in [0.15, 0.2) is 11.6 Å². The number of hydrogen-bond donors (Lipinski definition) is 0. The Kier molecular flexibility index (Phi) is 8.33. The molecule has 0 atom stereocenters. The number of allylic oxidation sites excluding steroid dienone is 1. The number of ether oxygens (including phenoxy) is 1. The number of hydrogen-bond acceptors (Lipinski definition) is 1. The molecule has 1 saturated carbocycles. The van der Waals surface area contributed by atoms with E-state index >= 15 is 0 Å². The second-order valence-electron chi connectivity index (χ2n) is 9.46. The average Bonchev–Trinajstić information content (AvgIpc) is 2.89. The van der Waals surface area contributed by atoms with E-state index in [9.17, 15) is 13.2 Å². The molecule has 0 bridgehead atoms. The van der Waals surface area contributed by atoms with Crippen molar-refractivity contribution >= 4 is 0 Å². The van der Waals surface area contributed by atoms with Gasteiger partial charge in [0.1, 0.15) is 5.82 Å². The van der Waals surface area contributed by atoms with Gasteiger partial charge < -0.3 is 4.74 Å². The highest BCUT2D eigenvalue weighted by Gasteiger charge is 2.23. The third-order valence-corrected chi connectivity index (χ3v) is 7.13. The van der Waals surface area contributed by atoms with E-state index in [0.717, 1.165) is 61.6 Å². The van der Waals surface area contributed by atoms with Crippen LogP contribution < -0.4 is 4.74 Å². The number of rotatable bonds is 9. The fraction of sp³-hybridized carbons (Fsp3) is 0.355. The molecule has 1 aliphatic rings. The van der Waals surface area contributed by atoms with Crippen molar-refractivity contribution in [2.45, 2.75) is 57.8 Å². The van der Waals surface area contributed by atoms with Crippen molar-refractivity contribution in [2.24, 2.45) is 5.92 Å². The largest absolute Gasteiger partial charge is 0.490 e. The molecule has 0 amide bonds. The molecule has 1 aliphatic carbocycles. The molecule has 0 N–H and O–H groups in total. The highest BCUT2D eigenvalue weighted by atomic mass is 19.2. The first-order chi connectivity index (χ1) is 17.0. The van der Waals surface area contributed by atoms with Gasteiger partial charge in [0.2, 0.25) is 5.82 Å². The molecular weight excluding hydrogens is 445 g/mol. The van der Waals surface area contributed by atoms with E-state index in [1.165, 1.54) is 12.1 Å². The molecule has 4 rings (SSSR count). The first-order valence-electron chi connectivity index (χ1n) is 12.7. The lowest BCUT2D eigenvalue weighted by Gasteiger charge is -2.27. The van der Waals surface area contributed by atoms with E-state index < -0.39 is 11.6 Å². The zero-order valence-corrected chi connectivity index (χ0v) is 20.3. The minimum absolute atomic E-state index is 0.0625. The maximum Gasteiger partial charge on any atom is 0.201 e. The molecule has 0 aromatic heterocycles. The van der Waals surface area contributed by atoms with E-state index in [2.05, 4.69) is 13.5 Å². The molecule has 0 aliphatic heterocycles. The Bertz CT molecular complexity index is 1140. The zero-order chi connectivity index (χ0) is 24.8. The molecule has 184 valence electrons. The summed E-state index contributed by atoms with van der Waals surface area (Å²) in [6, 6.07) is 15.5. The third kappa shape index (κ3) is 5.80. The van der Waals surface area contributed by atoms with Gasteiger partial charge in [0, 0.05) is 5.56 Å². The maximum atomic E-state index is 15.0. The summed E-state index contributed by atoms with van der Waals surface area (Å²) >= 11 is 0. The van der Waals surface area contributed by atoms with Gasteiger partial charge in [0.25, 0.3) is 0 Å². The Morgan fingerprint density at radius 2 is 1.51 bits per heavy atom. The van der Waals surface area contributed by atoms with E-state index in [1.54, 1.807) is 18.2 Å². The van der Waals surface area contributed by atoms with Gasteiger partial charge in [-0.25, -0.2) is 8.78 Å². The van der Waals surface area contributed by atoms with Crippen LogP contribution in [0.2, 0.25) is 0 Å². The molecule has 0 radical (unpaired) electrons. The lowest BCUT2D eigenvalue weighted by molar-refractivity contribution is 0.286. The predicted molar refractivity (Wildman–Crippen MR) is 137 cm³/mol. The van der Waals surface area contributed by atoms with Crippen LogP contribution in [0.25, 0.3) is 22.3 Å². The summed E-state index contributed by atoms with van der Waals surface area (Å²) in [5, 5.41) is 0. The van der Waals surface area contributed by atoms with Gasteiger partial charge in [-0.15, -0.1) is 6.58 Å². The lowest BCUT2D eigenvalue weighted by atomic mass is 9.78. The lowest BCUT2D eigenvalue weighted by Crippen LogP contribution is -2.12. The van der Waals surface area contributed by atoms with Crippen LogP contribution in [0.1, 0.15) is 63.4 Å². The van der Waals surface area contributed by atoms with Crippen molar-refractivity contribution in [3.8, 4) is 28.0 Å². The first-order valence-corrected chi connectivity index (χ1v) is 12.7. The average molecular weight is 479 g/mol. The van der Waals surface area contributed by atoms with E-state index in [4.69, 9.17) is 4.74 Å². The van der Waals surface area contributed by atoms with Crippen molar-refractivity contribution < 1.29 is 17.9 Å². The van der Waals surface area contributed by atoms with Gasteiger partial charge in [-0.1, -0.05) is 62.2 Å². The number of halogens is 3. The zero-order valence-electron chi connectivity index (χ0n) is 20.3. The second-order valence-corrected chi connectivity index (χ2v) is 9.46. The quantitative estimate of drug-likeness (QED) is 0.220. The highest BCUT2D eigenvalue weighted by molar-refractivity contribution is 5.71. The van der Waals surface area contributed by atoms with Crippen LogP contribution in [0.3, 0.4) is 0 Å². The Morgan fingerprint density at radius 1 is 0.829 bits per heavy atom.